The topological polar surface area (TPSA) is 42.4 Å². The van der Waals surface area contributed by atoms with Gasteiger partial charge >= 0.3 is 234 Å². The molecule has 0 radical (unpaired) electrons. The van der Waals surface area contributed by atoms with Gasteiger partial charge in [0.1, 0.15) is 0 Å². The Kier molecular flexibility index (Phi) is 7.32. The number of hydrogen-bond acceptors (Lipinski definition) is 4. The van der Waals surface area contributed by atoms with Crippen molar-refractivity contribution in [2.75, 3.05) is 12.0 Å². The van der Waals surface area contributed by atoms with Gasteiger partial charge in [0.15, 0.2) is 0 Å². The molecule has 0 unspecified atom stereocenters. The van der Waals surface area contributed by atoms with Crippen LogP contribution in [0.5, 0.6) is 0 Å². The average molecular weight is 654 g/mol. The van der Waals surface area contributed by atoms with Gasteiger partial charge in [-0.2, -0.15) is 0 Å². The molecule has 0 N–H and O–H groups in total. The fourth-order valence-electron chi connectivity index (χ4n) is 6.06. The quantitative estimate of drug-likeness (QED) is 0.141. The first-order valence-electron chi connectivity index (χ1n) is 15.1. The second-order valence-corrected chi connectivity index (χ2v) is 14.7. The Morgan fingerprint density at radius 2 is 1.33 bits per heavy atom. The molecule has 6 aromatic rings. The predicted octanol–water partition coefficient (Wildman–Crippen LogP) is 8.40. The Balaban J connectivity index is 1.51. The Morgan fingerprint density at radius 3 is 1.93 bits per heavy atom. The van der Waals surface area contributed by atoms with Crippen LogP contribution in [0.25, 0.3) is 33.3 Å². The van der Waals surface area contributed by atoms with E-state index in [-0.39, 0.29) is 26.3 Å². The van der Waals surface area contributed by atoms with E-state index in [4.69, 9.17) is 9.72 Å². The number of benzene rings is 5. The van der Waals surface area contributed by atoms with Crippen molar-refractivity contribution >= 4 is 57.8 Å². The van der Waals surface area contributed by atoms with E-state index in [9.17, 15) is 4.79 Å². The Labute approximate surface area is 270 Å². The van der Waals surface area contributed by atoms with Crippen LogP contribution in [0, 0.1) is 6.92 Å². The number of nitrogens with zero attached hydrogens (tertiary/aromatic N) is 2. The summed E-state index contributed by atoms with van der Waals surface area (Å²) >= 11 is 0.212. The Bertz CT molecular complexity index is 2030. The zero-order valence-electron chi connectivity index (χ0n) is 26.1. The molecule has 2 heterocycles. The molecular formula is C40H34N2O2Se. The monoisotopic (exact) mass is 654 g/mol. The minimum atomic E-state index is -0.352. The van der Waals surface area contributed by atoms with Crippen molar-refractivity contribution in [3.63, 3.8) is 0 Å². The molecule has 0 amide bonds. The standard InChI is InChI=1S/C40H34N2O2Se/c1-25-14-23-34(42-32-10-6-8-12-35(32)45-36-13-9-7-11-33(36)42)38-37(25)30(26-19-21-29(22-20-26)40(2,3)4)24-31(41-38)27-15-17-28(18-16-27)39(43)44-5/h6-24H,1-5H3. The van der Waals surface area contributed by atoms with Crippen LogP contribution in [0.3, 0.4) is 0 Å². The van der Waals surface area contributed by atoms with E-state index in [0.717, 1.165) is 39.0 Å². The fraction of sp³-hybridized carbons (Fsp3) is 0.150. The first-order chi connectivity index (χ1) is 21.7. The van der Waals surface area contributed by atoms with Crippen LogP contribution in [0.1, 0.15) is 42.3 Å². The number of carbonyl (C=O) groups excluding carboxylic acids is 1. The summed E-state index contributed by atoms with van der Waals surface area (Å²) in [7, 11) is 1.40. The third-order valence-electron chi connectivity index (χ3n) is 8.48. The molecule has 1 aliphatic heterocycles. The molecule has 7 rings (SSSR count). The molecule has 0 bridgehead atoms. The Hall–Kier alpha value is -4.70. The summed E-state index contributed by atoms with van der Waals surface area (Å²) in [5.74, 6) is -0.352. The molecule has 1 aliphatic rings. The minimum absolute atomic E-state index is 0.0605. The van der Waals surface area contributed by atoms with Crippen molar-refractivity contribution < 1.29 is 9.53 Å². The molecule has 0 atom stereocenters. The van der Waals surface area contributed by atoms with Crippen LogP contribution in [0.2, 0.25) is 0 Å². The van der Waals surface area contributed by atoms with Gasteiger partial charge in [-0.3, -0.25) is 0 Å². The summed E-state index contributed by atoms with van der Waals surface area (Å²) in [5.41, 5.74) is 11.5. The number of fused-ring (bicyclic) bond motifs is 3. The number of hydrogen-bond donors (Lipinski definition) is 0. The van der Waals surface area contributed by atoms with Gasteiger partial charge in [-0.25, -0.2) is 4.79 Å². The van der Waals surface area contributed by atoms with E-state index in [2.05, 4.69) is 124 Å². The van der Waals surface area contributed by atoms with Gasteiger partial charge in [-0.05, 0) is 0 Å². The summed E-state index contributed by atoms with van der Waals surface area (Å²) < 4.78 is 7.65. The van der Waals surface area contributed by atoms with Gasteiger partial charge in [0.2, 0.25) is 0 Å². The maximum atomic E-state index is 12.2. The molecule has 0 aliphatic carbocycles. The average Bonchev–Trinajstić information content (AvgIpc) is 3.06. The van der Waals surface area contributed by atoms with E-state index in [0.29, 0.717) is 5.56 Å². The number of rotatable bonds is 4. The van der Waals surface area contributed by atoms with Crippen LogP contribution in [0.4, 0.5) is 17.1 Å². The second kappa shape index (κ2) is 11.3. The van der Waals surface area contributed by atoms with E-state index in [1.54, 1.807) is 12.1 Å². The number of ether oxygens (including phenoxy) is 1. The molecule has 0 spiro atoms. The molecule has 4 nitrogen and oxygen atoms in total. The number of aromatic nitrogens is 1. The van der Waals surface area contributed by atoms with Crippen molar-refractivity contribution in [2.45, 2.75) is 33.1 Å². The van der Waals surface area contributed by atoms with Crippen LogP contribution in [-0.4, -0.2) is 33.0 Å². The van der Waals surface area contributed by atoms with Gasteiger partial charge in [0.05, 0.1) is 7.11 Å². The zero-order valence-corrected chi connectivity index (χ0v) is 27.8. The van der Waals surface area contributed by atoms with Gasteiger partial charge in [-0.1, -0.05) is 20.8 Å². The number of aryl methyl sites for hydroxylation is 1. The normalized spacial score (nSPS) is 12.5. The van der Waals surface area contributed by atoms with Crippen molar-refractivity contribution in [1.29, 1.82) is 0 Å². The molecular weight excluding hydrogens is 619 g/mol. The van der Waals surface area contributed by atoms with Crippen LogP contribution in [0.15, 0.2) is 115 Å². The van der Waals surface area contributed by atoms with Gasteiger partial charge in [-0.15, -0.1) is 0 Å². The van der Waals surface area contributed by atoms with E-state index in [1.165, 1.54) is 38.5 Å². The molecule has 1 aromatic heterocycles. The first-order valence-corrected chi connectivity index (χ1v) is 16.8. The van der Waals surface area contributed by atoms with Crippen molar-refractivity contribution in [3.05, 3.63) is 132 Å². The van der Waals surface area contributed by atoms with Crippen LogP contribution >= 0.6 is 0 Å². The first kappa shape index (κ1) is 29.0. The number of methoxy groups -OCH3 is 1. The summed E-state index contributed by atoms with van der Waals surface area (Å²) in [4.78, 5) is 20.0. The zero-order chi connectivity index (χ0) is 31.3. The molecule has 5 aromatic carbocycles. The summed E-state index contributed by atoms with van der Waals surface area (Å²) in [6.45, 7) is 8.90. The SMILES string of the molecule is COC(=O)c1ccc(-c2cc(-c3ccc(C(C)(C)C)cc3)c3c(C)ccc(N4c5ccccc5[Se]c5ccccc54)c3n2)cc1. The van der Waals surface area contributed by atoms with E-state index in [1.807, 2.05) is 12.1 Å². The van der Waals surface area contributed by atoms with Gasteiger partial charge < -0.3 is 4.74 Å². The summed E-state index contributed by atoms with van der Waals surface area (Å²) in [6.07, 6.45) is 0. The van der Waals surface area contributed by atoms with Crippen LogP contribution in [-0.2, 0) is 10.2 Å². The van der Waals surface area contributed by atoms with Gasteiger partial charge in [0.25, 0.3) is 0 Å². The number of carbonyl (C=O) groups is 1. The third kappa shape index (κ3) is 5.22. The van der Waals surface area contributed by atoms with E-state index >= 15 is 0 Å². The molecule has 0 saturated heterocycles. The van der Waals surface area contributed by atoms with Crippen molar-refractivity contribution in [2.24, 2.45) is 0 Å². The number of pyridine rings is 1. The molecule has 45 heavy (non-hydrogen) atoms. The third-order valence-corrected chi connectivity index (χ3v) is 10.9. The van der Waals surface area contributed by atoms with E-state index < -0.39 is 0 Å². The molecule has 5 heteroatoms. The number of esters is 1. The van der Waals surface area contributed by atoms with Gasteiger partial charge in [0, 0.05) is 0 Å². The number of para-hydroxylation sites is 2. The predicted molar refractivity (Wildman–Crippen MR) is 187 cm³/mol. The van der Waals surface area contributed by atoms with Crippen LogP contribution < -0.4 is 13.8 Å². The molecule has 0 saturated carbocycles. The summed E-state index contributed by atoms with van der Waals surface area (Å²) in [5, 5.41) is 1.14. The molecule has 0 fully saturated rings. The van der Waals surface area contributed by atoms with Crippen molar-refractivity contribution in [3.8, 4) is 22.4 Å². The second-order valence-electron chi connectivity index (χ2n) is 12.4. The number of anilines is 3. The van der Waals surface area contributed by atoms with Crippen molar-refractivity contribution in [1.82, 2.24) is 4.98 Å². The summed E-state index contributed by atoms with van der Waals surface area (Å²) in [6, 6.07) is 40.6. The molecule has 222 valence electrons. The Morgan fingerprint density at radius 1 is 0.733 bits per heavy atom. The maximum absolute atomic E-state index is 12.2. The fourth-order valence-corrected chi connectivity index (χ4v) is 8.28.